The molecule has 0 bridgehead atoms. The van der Waals surface area contributed by atoms with Crippen molar-refractivity contribution in [3.63, 3.8) is 0 Å². The molecule has 0 aliphatic heterocycles. The fourth-order valence-electron chi connectivity index (χ4n) is 3.48. The first-order valence-electron chi connectivity index (χ1n) is 10.1. The highest BCUT2D eigenvalue weighted by Gasteiger charge is 2.29. The predicted molar refractivity (Wildman–Crippen MR) is 115 cm³/mol. The zero-order chi connectivity index (χ0) is 18.9. The van der Waals surface area contributed by atoms with Crippen LogP contribution in [0.3, 0.4) is 0 Å². The van der Waals surface area contributed by atoms with E-state index in [1.165, 1.54) is 21.9 Å². The van der Waals surface area contributed by atoms with Crippen molar-refractivity contribution in [2.75, 3.05) is 4.90 Å². The van der Waals surface area contributed by atoms with Gasteiger partial charge in [-0.2, -0.15) is 0 Å². The lowest BCUT2D eigenvalue weighted by atomic mass is 10.2. The van der Waals surface area contributed by atoms with Crippen molar-refractivity contribution >= 4 is 25.9 Å². The van der Waals surface area contributed by atoms with Gasteiger partial charge in [0, 0.05) is 11.4 Å². The number of nitrogens with zero attached hydrogens (tertiary/aromatic N) is 1. The third-order valence-corrected chi connectivity index (χ3v) is 8.16. The fraction of sp³-hybridized carbons (Fsp3) is 0.478. The Morgan fingerprint density at radius 2 is 1.19 bits per heavy atom. The van der Waals surface area contributed by atoms with Crippen LogP contribution in [0.25, 0.3) is 0 Å². The van der Waals surface area contributed by atoms with Crippen LogP contribution in [-0.2, 0) is 3.79 Å². The van der Waals surface area contributed by atoms with E-state index >= 15 is 0 Å². The Balaban J connectivity index is 2.31. The van der Waals surface area contributed by atoms with Gasteiger partial charge in [-0.05, 0) is 30.7 Å². The minimum Gasteiger partial charge on any atom is -0.482 e. The highest BCUT2D eigenvalue weighted by molar-refractivity contribution is 6.52. The fourth-order valence-corrected chi connectivity index (χ4v) is 6.76. The van der Waals surface area contributed by atoms with Gasteiger partial charge in [-0.1, -0.05) is 93.4 Å². The van der Waals surface area contributed by atoms with Crippen LogP contribution in [0.5, 0.6) is 0 Å². The van der Waals surface area contributed by atoms with E-state index in [2.05, 4.69) is 100 Å². The molecule has 2 aromatic carbocycles. The minimum absolute atomic E-state index is 0.0916. The van der Waals surface area contributed by atoms with Gasteiger partial charge in [0.05, 0.1) is 0 Å². The van der Waals surface area contributed by atoms with Crippen LogP contribution >= 0.6 is 0 Å². The Labute approximate surface area is 164 Å². The second kappa shape index (κ2) is 10.8. The molecule has 0 aliphatic carbocycles. The Morgan fingerprint density at radius 1 is 0.769 bits per heavy atom. The van der Waals surface area contributed by atoms with E-state index in [0.717, 1.165) is 6.42 Å². The molecule has 1 atom stereocenters. The van der Waals surface area contributed by atoms with Gasteiger partial charge in [-0.15, -0.1) is 0 Å². The van der Waals surface area contributed by atoms with Crippen molar-refractivity contribution in [2.45, 2.75) is 57.8 Å². The molecule has 0 radical (unpaired) electrons. The average Bonchev–Trinajstić information content (AvgIpc) is 2.62. The summed E-state index contributed by atoms with van der Waals surface area (Å²) in [6.45, 7) is 11.5. The Bertz CT molecular complexity index is 565. The summed E-state index contributed by atoms with van der Waals surface area (Å²) in [4.78, 5) is 2.38. The van der Waals surface area contributed by atoms with Crippen molar-refractivity contribution in [3.8, 4) is 0 Å². The lowest BCUT2D eigenvalue weighted by molar-refractivity contribution is 0.198. The number of rotatable bonds is 10. The molecule has 2 aromatic rings. The van der Waals surface area contributed by atoms with Crippen LogP contribution < -0.4 is 4.90 Å². The molecular formula is C23H34AlNO. The smallest absolute Gasteiger partial charge is 0.462 e. The number of anilines is 2. The van der Waals surface area contributed by atoms with E-state index in [0.29, 0.717) is 11.8 Å². The highest BCUT2D eigenvalue weighted by atomic mass is 27.2. The molecule has 0 fully saturated rings. The first-order chi connectivity index (χ1) is 12.5. The molecule has 3 heteroatoms. The largest absolute Gasteiger partial charge is 0.482 e. The summed E-state index contributed by atoms with van der Waals surface area (Å²) in [5, 5.41) is 2.48. The van der Waals surface area contributed by atoms with Crippen molar-refractivity contribution in [1.29, 1.82) is 0 Å². The zero-order valence-corrected chi connectivity index (χ0v) is 18.2. The van der Waals surface area contributed by atoms with E-state index < -0.39 is 14.5 Å². The second-order valence-electron chi connectivity index (χ2n) is 7.92. The van der Waals surface area contributed by atoms with E-state index in [9.17, 15) is 0 Å². The number of hydrogen-bond acceptors (Lipinski definition) is 2. The van der Waals surface area contributed by atoms with Crippen molar-refractivity contribution < 1.29 is 3.79 Å². The number of benzene rings is 2. The summed E-state index contributed by atoms with van der Waals surface area (Å²) >= 11 is -1.27. The van der Waals surface area contributed by atoms with Crippen LogP contribution in [0.1, 0.15) is 41.0 Å². The Kier molecular flexibility index (Phi) is 8.72. The normalized spacial score (nSPS) is 12.4. The van der Waals surface area contributed by atoms with Gasteiger partial charge >= 0.3 is 14.5 Å². The summed E-state index contributed by atoms with van der Waals surface area (Å²) in [7, 11) is 0. The molecule has 140 valence electrons. The van der Waals surface area contributed by atoms with Crippen molar-refractivity contribution in [3.05, 3.63) is 60.7 Å². The van der Waals surface area contributed by atoms with E-state index in [1.807, 2.05) is 0 Å². The lowest BCUT2D eigenvalue weighted by Gasteiger charge is -2.36. The molecule has 0 saturated carbocycles. The molecule has 2 nitrogen and oxygen atoms in total. The predicted octanol–water partition coefficient (Wildman–Crippen LogP) is 6.88. The quantitative estimate of drug-likeness (QED) is 0.335. The van der Waals surface area contributed by atoms with E-state index in [1.54, 1.807) is 0 Å². The average molecular weight is 368 g/mol. The molecule has 2 rings (SSSR count). The molecule has 0 heterocycles. The molecule has 26 heavy (non-hydrogen) atoms. The maximum atomic E-state index is 6.86. The molecule has 0 amide bonds. The summed E-state index contributed by atoms with van der Waals surface area (Å²) in [6.07, 6.45) is 1.07. The third-order valence-electron chi connectivity index (χ3n) is 4.52. The first kappa shape index (κ1) is 21.0. The van der Waals surface area contributed by atoms with Crippen molar-refractivity contribution in [1.82, 2.24) is 0 Å². The number of para-hydroxylation sites is 2. The van der Waals surface area contributed by atoms with Gasteiger partial charge in [0.1, 0.15) is 6.23 Å². The Morgan fingerprint density at radius 3 is 1.54 bits per heavy atom. The monoisotopic (exact) mass is 367 g/mol. The molecule has 0 N–H and O–H groups in total. The van der Waals surface area contributed by atoms with Crippen LogP contribution in [0.15, 0.2) is 60.7 Å². The summed E-state index contributed by atoms with van der Waals surface area (Å²) in [6, 6.07) is 21.3. The third kappa shape index (κ3) is 6.47. The van der Waals surface area contributed by atoms with Gasteiger partial charge in [-0.25, -0.2) is 0 Å². The topological polar surface area (TPSA) is 12.5 Å². The first-order valence-corrected chi connectivity index (χ1v) is 12.2. The lowest BCUT2D eigenvalue weighted by Crippen LogP contribution is -2.39. The van der Waals surface area contributed by atoms with Crippen molar-refractivity contribution in [2.24, 2.45) is 11.8 Å². The van der Waals surface area contributed by atoms with E-state index in [4.69, 9.17) is 3.79 Å². The van der Waals surface area contributed by atoms with Gasteiger partial charge in [0.2, 0.25) is 0 Å². The summed E-state index contributed by atoms with van der Waals surface area (Å²) in [5.41, 5.74) is 2.40. The van der Waals surface area contributed by atoms with Crippen LogP contribution in [0, 0.1) is 11.8 Å². The molecule has 0 aromatic heterocycles. The highest BCUT2D eigenvalue weighted by Crippen LogP contribution is 2.30. The standard InChI is InChI=1S/C15H16NO.2C4H9.Al/c1-2-15(17)16(13-9-5-3-6-10-13)14-11-7-4-8-12-14;2*1-4(2)3;/h3-12,15H,2H2,1H3;2*4H,1H2,2-3H3;/q-1;;;+1. The van der Waals surface area contributed by atoms with Crippen LogP contribution in [0.2, 0.25) is 10.6 Å². The maximum Gasteiger partial charge on any atom is 0.462 e. The van der Waals surface area contributed by atoms with Crippen LogP contribution in [0.4, 0.5) is 11.4 Å². The summed E-state index contributed by atoms with van der Waals surface area (Å²) < 4.78 is 6.86. The van der Waals surface area contributed by atoms with Gasteiger partial charge in [0.15, 0.2) is 0 Å². The Hall–Kier alpha value is -1.27. The minimum atomic E-state index is -1.27. The molecule has 0 aliphatic rings. The maximum absolute atomic E-state index is 6.86. The number of hydrogen-bond donors (Lipinski definition) is 0. The molecular weight excluding hydrogens is 333 g/mol. The molecule has 0 spiro atoms. The van der Waals surface area contributed by atoms with Gasteiger partial charge in [-0.3, -0.25) is 0 Å². The van der Waals surface area contributed by atoms with E-state index in [-0.39, 0.29) is 6.23 Å². The zero-order valence-electron chi connectivity index (χ0n) is 17.1. The SMILES string of the molecule is CCC([O][Al]([CH2]C(C)C)[CH2]C(C)C)N(c1ccccc1)c1ccccc1. The molecule has 0 saturated heterocycles. The summed E-state index contributed by atoms with van der Waals surface area (Å²) in [5.74, 6) is 1.40. The molecule has 1 unspecified atom stereocenters. The van der Waals surface area contributed by atoms with Crippen LogP contribution in [-0.4, -0.2) is 20.7 Å². The van der Waals surface area contributed by atoms with Gasteiger partial charge in [0.25, 0.3) is 0 Å². The van der Waals surface area contributed by atoms with Gasteiger partial charge < -0.3 is 8.69 Å². The second-order valence-corrected chi connectivity index (χ2v) is 10.4.